The smallest absolute Gasteiger partial charge is 0.262 e. The lowest BCUT2D eigenvalue weighted by Crippen LogP contribution is -2.33. The molecule has 3 rings (SSSR count). The zero-order chi connectivity index (χ0) is 17.1. The van der Waals surface area contributed by atoms with Crippen molar-refractivity contribution >= 4 is 29.0 Å². The van der Waals surface area contributed by atoms with Crippen LogP contribution in [-0.2, 0) is 11.3 Å². The van der Waals surface area contributed by atoms with Gasteiger partial charge in [0, 0.05) is 25.4 Å². The number of carbonyl (C=O) groups is 1. The van der Waals surface area contributed by atoms with Crippen molar-refractivity contribution in [2.24, 2.45) is 5.92 Å². The molecule has 0 saturated heterocycles. The minimum Gasteiger partial charge on any atom is -0.393 e. The number of nitrogens with one attached hydrogen (secondary N) is 2. The summed E-state index contributed by atoms with van der Waals surface area (Å²) in [5.41, 5.74) is 0.511. The number of H-pyrrole nitrogens is 1. The fourth-order valence-corrected chi connectivity index (χ4v) is 3.49. The molecule has 128 valence electrons. The fraction of sp³-hybridized carbons (Fsp3) is 0.471. The Morgan fingerprint density at radius 3 is 2.92 bits per heavy atom. The first-order valence-electron chi connectivity index (χ1n) is 8.23. The molecule has 1 fully saturated rings. The first-order valence-corrected chi connectivity index (χ1v) is 8.63. The van der Waals surface area contributed by atoms with Gasteiger partial charge in [0.15, 0.2) is 4.77 Å². The molecule has 6 nitrogen and oxygen atoms in total. The van der Waals surface area contributed by atoms with Crippen molar-refractivity contribution in [3.63, 3.8) is 0 Å². The predicted molar refractivity (Wildman–Crippen MR) is 94.4 cm³/mol. The summed E-state index contributed by atoms with van der Waals surface area (Å²) in [6, 6.07) is 7.17. The highest BCUT2D eigenvalue weighted by molar-refractivity contribution is 7.71. The van der Waals surface area contributed by atoms with Gasteiger partial charge in [-0.3, -0.25) is 14.2 Å². The van der Waals surface area contributed by atoms with Crippen LogP contribution >= 0.6 is 12.2 Å². The van der Waals surface area contributed by atoms with Gasteiger partial charge in [0.2, 0.25) is 5.91 Å². The van der Waals surface area contributed by atoms with Crippen LogP contribution in [0.25, 0.3) is 10.9 Å². The van der Waals surface area contributed by atoms with Gasteiger partial charge in [-0.05, 0) is 37.2 Å². The number of hydrogen-bond acceptors (Lipinski definition) is 4. The number of fused-ring (bicyclic) bond motifs is 1. The Morgan fingerprint density at radius 2 is 2.17 bits per heavy atom. The Labute approximate surface area is 144 Å². The van der Waals surface area contributed by atoms with Gasteiger partial charge in [0.1, 0.15) is 0 Å². The lowest BCUT2D eigenvalue weighted by Gasteiger charge is -2.15. The summed E-state index contributed by atoms with van der Waals surface area (Å²) in [4.78, 5) is 27.5. The zero-order valence-corrected chi connectivity index (χ0v) is 14.1. The molecule has 1 aliphatic carbocycles. The maximum absolute atomic E-state index is 12.5. The SMILES string of the molecule is O=C(CCn1c(=S)[nH]c2ccccc2c1=O)NC[C@H]1CCC[C@@H]1O. The Morgan fingerprint density at radius 1 is 1.38 bits per heavy atom. The number of hydrogen-bond donors (Lipinski definition) is 3. The molecular weight excluding hydrogens is 326 g/mol. The van der Waals surface area contributed by atoms with Gasteiger partial charge in [-0.15, -0.1) is 0 Å². The van der Waals surface area contributed by atoms with E-state index in [9.17, 15) is 14.7 Å². The number of aliphatic hydroxyl groups is 1. The first kappa shape index (κ1) is 16.9. The molecule has 2 aromatic rings. The van der Waals surface area contributed by atoms with Crippen LogP contribution in [0.15, 0.2) is 29.1 Å². The molecule has 24 heavy (non-hydrogen) atoms. The number of nitrogens with zero attached hydrogens (tertiary/aromatic N) is 1. The Balaban J connectivity index is 1.64. The molecule has 1 aromatic heterocycles. The molecule has 0 bridgehead atoms. The third-order valence-electron chi connectivity index (χ3n) is 4.63. The van der Waals surface area contributed by atoms with E-state index in [1.54, 1.807) is 18.2 Å². The number of benzene rings is 1. The summed E-state index contributed by atoms with van der Waals surface area (Å²) >= 11 is 5.23. The molecular formula is C17H21N3O3S. The van der Waals surface area contributed by atoms with E-state index >= 15 is 0 Å². The van der Waals surface area contributed by atoms with Crippen molar-refractivity contribution in [1.29, 1.82) is 0 Å². The molecule has 0 aliphatic heterocycles. The van der Waals surface area contributed by atoms with Crippen LogP contribution in [0.3, 0.4) is 0 Å². The van der Waals surface area contributed by atoms with Crippen LogP contribution in [0.4, 0.5) is 0 Å². The van der Waals surface area contributed by atoms with Crippen LogP contribution in [0.5, 0.6) is 0 Å². The quantitative estimate of drug-likeness (QED) is 0.719. The summed E-state index contributed by atoms with van der Waals surface area (Å²) < 4.78 is 1.74. The molecule has 7 heteroatoms. The van der Waals surface area contributed by atoms with E-state index in [0.29, 0.717) is 22.2 Å². The number of rotatable bonds is 5. The fourth-order valence-electron chi connectivity index (χ4n) is 3.20. The third kappa shape index (κ3) is 3.57. The van der Waals surface area contributed by atoms with Crippen molar-refractivity contribution < 1.29 is 9.90 Å². The highest BCUT2D eigenvalue weighted by Crippen LogP contribution is 2.24. The van der Waals surface area contributed by atoms with E-state index in [1.807, 2.05) is 6.07 Å². The number of amides is 1. The molecule has 0 unspecified atom stereocenters. The highest BCUT2D eigenvalue weighted by Gasteiger charge is 2.25. The van der Waals surface area contributed by atoms with Crippen molar-refractivity contribution in [2.45, 2.75) is 38.3 Å². The second-order valence-corrected chi connectivity index (χ2v) is 6.63. The molecule has 2 atom stereocenters. The summed E-state index contributed by atoms with van der Waals surface area (Å²) in [6.07, 6.45) is 2.61. The Bertz CT molecular complexity index is 858. The molecule has 0 radical (unpaired) electrons. The maximum Gasteiger partial charge on any atom is 0.262 e. The zero-order valence-electron chi connectivity index (χ0n) is 13.3. The molecule has 3 N–H and O–H groups in total. The second kappa shape index (κ2) is 7.27. The molecule has 0 spiro atoms. The van der Waals surface area contributed by atoms with Crippen molar-refractivity contribution in [3.8, 4) is 0 Å². The van der Waals surface area contributed by atoms with Gasteiger partial charge in [-0.2, -0.15) is 0 Å². The van der Waals surface area contributed by atoms with E-state index < -0.39 is 0 Å². The summed E-state index contributed by atoms with van der Waals surface area (Å²) in [5, 5.41) is 13.2. The normalized spacial score (nSPS) is 20.4. The van der Waals surface area contributed by atoms with Gasteiger partial charge in [-0.1, -0.05) is 18.6 Å². The number of aliphatic hydroxyl groups excluding tert-OH is 1. The standard InChI is InChI=1S/C17H21N3O3S/c21-14-7-3-4-11(14)10-18-15(22)8-9-20-16(23)12-5-1-2-6-13(12)19-17(20)24/h1-2,5-6,11,14,21H,3-4,7-10H2,(H,18,22)(H,19,24)/t11-,14+/m1/s1. The average Bonchev–Trinajstić information content (AvgIpc) is 2.98. The van der Waals surface area contributed by atoms with Crippen molar-refractivity contribution in [2.75, 3.05) is 6.54 Å². The van der Waals surface area contributed by atoms with E-state index in [0.717, 1.165) is 19.3 Å². The Kier molecular flexibility index (Phi) is 5.11. The van der Waals surface area contributed by atoms with Gasteiger partial charge >= 0.3 is 0 Å². The lowest BCUT2D eigenvalue weighted by molar-refractivity contribution is -0.121. The average molecular weight is 347 g/mol. The van der Waals surface area contributed by atoms with E-state index in [1.165, 1.54) is 4.57 Å². The molecule has 1 amide bonds. The number of aromatic amines is 1. The number of para-hydroxylation sites is 1. The number of carbonyl (C=O) groups excluding carboxylic acids is 1. The van der Waals surface area contributed by atoms with Crippen LogP contribution in [0, 0.1) is 10.7 Å². The van der Waals surface area contributed by atoms with Gasteiger partial charge in [0.25, 0.3) is 5.56 Å². The second-order valence-electron chi connectivity index (χ2n) is 6.24. The van der Waals surface area contributed by atoms with Crippen molar-refractivity contribution in [1.82, 2.24) is 14.9 Å². The molecule has 1 heterocycles. The lowest BCUT2D eigenvalue weighted by atomic mass is 10.1. The maximum atomic E-state index is 12.5. The molecule has 1 aliphatic rings. The third-order valence-corrected chi connectivity index (χ3v) is 4.95. The monoisotopic (exact) mass is 347 g/mol. The topological polar surface area (TPSA) is 87.1 Å². The Hall–Kier alpha value is -1.99. The van der Waals surface area contributed by atoms with E-state index in [2.05, 4.69) is 10.3 Å². The highest BCUT2D eigenvalue weighted by atomic mass is 32.1. The van der Waals surface area contributed by atoms with Crippen molar-refractivity contribution in [3.05, 3.63) is 39.4 Å². The van der Waals surface area contributed by atoms with Gasteiger partial charge in [-0.25, -0.2) is 0 Å². The van der Waals surface area contributed by atoms with Crippen LogP contribution in [0.1, 0.15) is 25.7 Å². The van der Waals surface area contributed by atoms with Gasteiger partial charge < -0.3 is 15.4 Å². The van der Waals surface area contributed by atoms with Crippen LogP contribution in [-0.4, -0.2) is 33.2 Å². The predicted octanol–water partition coefficient (Wildman–Crippen LogP) is 1.73. The summed E-state index contributed by atoms with van der Waals surface area (Å²) in [7, 11) is 0. The van der Waals surface area contributed by atoms with Crippen LogP contribution < -0.4 is 10.9 Å². The summed E-state index contributed by atoms with van der Waals surface area (Å²) in [6.45, 7) is 0.720. The van der Waals surface area contributed by atoms with E-state index in [-0.39, 0.29) is 36.5 Å². The molecule has 1 saturated carbocycles. The summed E-state index contributed by atoms with van der Waals surface area (Å²) in [5.74, 6) is 0.00347. The van der Waals surface area contributed by atoms with Gasteiger partial charge in [0.05, 0.1) is 17.0 Å². The number of aromatic nitrogens is 2. The first-order chi connectivity index (χ1) is 11.6. The minimum absolute atomic E-state index is 0.136. The minimum atomic E-state index is -0.317. The van der Waals surface area contributed by atoms with Crippen LogP contribution in [0.2, 0.25) is 0 Å². The largest absolute Gasteiger partial charge is 0.393 e. The molecule has 1 aromatic carbocycles. The van der Waals surface area contributed by atoms with E-state index in [4.69, 9.17) is 12.2 Å².